The first kappa shape index (κ1) is 20.4. The number of amides is 2. The Kier molecular flexibility index (Phi) is 7.32. The highest BCUT2D eigenvalue weighted by atomic mass is 35.5. The molecule has 1 aliphatic rings. The highest BCUT2D eigenvalue weighted by Crippen LogP contribution is 2.24. The van der Waals surface area contributed by atoms with Crippen molar-refractivity contribution >= 4 is 35.0 Å². The number of benzene rings is 1. The first-order valence-corrected chi connectivity index (χ1v) is 8.96. The van der Waals surface area contributed by atoms with E-state index in [1.165, 1.54) is 12.3 Å². The van der Waals surface area contributed by atoms with Crippen molar-refractivity contribution in [3.8, 4) is 6.07 Å². The lowest BCUT2D eigenvalue weighted by molar-refractivity contribution is -0.112. The summed E-state index contributed by atoms with van der Waals surface area (Å²) in [5.74, 6) is -0.569. The van der Waals surface area contributed by atoms with Crippen LogP contribution in [0.3, 0.4) is 0 Å². The van der Waals surface area contributed by atoms with Crippen LogP contribution in [0.1, 0.15) is 19.8 Å². The molecule has 4 N–H and O–H groups in total. The summed E-state index contributed by atoms with van der Waals surface area (Å²) >= 11 is 6.03. The Balaban J connectivity index is 1.90. The van der Waals surface area contributed by atoms with Gasteiger partial charge in [-0.1, -0.05) is 11.6 Å². The molecule has 144 valence electrons. The maximum Gasteiger partial charge on any atom is 0.409 e. The zero-order valence-corrected chi connectivity index (χ0v) is 15.8. The van der Waals surface area contributed by atoms with Gasteiger partial charge in [0.25, 0.3) is 5.91 Å². The van der Waals surface area contributed by atoms with Gasteiger partial charge in [-0.2, -0.15) is 5.26 Å². The van der Waals surface area contributed by atoms with Crippen LogP contribution in [-0.2, 0) is 9.53 Å². The highest BCUT2D eigenvalue weighted by Gasteiger charge is 2.23. The number of nitrogens with one attached hydrogen (secondary N) is 2. The van der Waals surface area contributed by atoms with Crippen LogP contribution in [0.15, 0.2) is 30.0 Å². The maximum atomic E-state index is 12.3. The fourth-order valence-corrected chi connectivity index (χ4v) is 2.85. The van der Waals surface area contributed by atoms with Crippen molar-refractivity contribution < 1.29 is 14.3 Å². The Hall–Kier alpha value is -2.92. The number of nitrogens with two attached hydrogens (primary N) is 1. The van der Waals surface area contributed by atoms with Gasteiger partial charge in [-0.05, 0) is 38.0 Å². The van der Waals surface area contributed by atoms with Crippen molar-refractivity contribution in [2.75, 3.05) is 30.7 Å². The molecular weight excluding hydrogens is 370 g/mol. The normalized spacial score (nSPS) is 15.0. The molecule has 1 aromatic rings. The first-order valence-electron chi connectivity index (χ1n) is 8.59. The van der Waals surface area contributed by atoms with Gasteiger partial charge in [-0.15, -0.1) is 0 Å². The van der Waals surface area contributed by atoms with Gasteiger partial charge < -0.3 is 26.0 Å². The number of anilines is 2. The van der Waals surface area contributed by atoms with Gasteiger partial charge in [-0.3, -0.25) is 4.79 Å². The molecule has 0 atom stereocenters. The van der Waals surface area contributed by atoms with E-state index in [1.807, 2.05) is 6.07 Å². The zero-order chi connectivity index (χ0) is 19.8. The van der Waals surface area contributed by atoms with E-state index in [4.69, 9.17) is 22.1 Å². The van der Waals surface area contributed by atoms with E-state index in [9.17, 15) is 14.9 Å². The van der Waals surface area contributed by atoms with Gasteiger partial charge in [0.2, 0.25) is 0 Å². The van der Waals surface area contributed by atoms with Crippen molar-refractivity contribution in [2.45, 2.75) is 25.8 Å². The molecule has 8 nitrogen and oxygen atoms in total. The van der Waals surface area contributed by atoms with Gasteiger partial charge in [0.1, 0.15) is 11.6 Å². The molecule has 1 fully saturated rings. The van der Waals surface area contributed by atoms with Gasteiger partial charge >= 0.3 is 6.09 Å². The first-order chi connectivity index (χ1) is 12.9. The van der Waals surface area contributed by atoms with Crippen LogP contribution in [0.5, 0.6) is 0 Å². The van der Waals surface area contributed by atoms with E-state index in [0.717, 1.165) is 0 Å². The number of hydrogen-bond acceptors (Lipinski definition) is 6. The van der Waals surface area contributed by atoms with E-state index < -0.39 is 5.91 Å². The molecule has 1 aromatic carbocycles. The lowest BCUT2D eigenvalue weighted by Gasteiger charge is -2.31. The van der Waals surface area contributed by atoms with Crippen LogP contribution in [0.4, 0.5) is 16.2 Å². The number of nitrogens with zero attached hydrogens (tertiary/aromatic N) is 2. The third-order valence-electron chi connectivity index (χ3n) is 4.09. The summed E-state index contributed by atoms with van der Waals surface area (Å²) in [5, 5.41) is 15.2. The summed E-state index contributed by atoms with van der Waals surface area (Å²) in [6, 6.07) is 6.63. The Morgan fingerprint density at radius 1 is 1.44 bits per heavy atom. The number of carbonyl (C=O) groups excluding carboxylic acids is 2. The number of likely N-dealkylation sites (tertiary alicyclic amines) is 1. The Bertz CT molecular complexity index is 767. The third kappa shape index (κ3) is 5.79. The summed E-state index contributed by atoms with van der Waals surface area (Å²) in [6.45, 7) is 3.22. The van der Waals surface area contributed by atoms with Crippen molar-refractivity contribution in [1.82, 2.24) is 10.2 Å². The fourth-order valence-electron chi connectivity index (χ4n) is 2.62. The molecule has 1 saturated heterocycles. The number of hydrogen-bond donors (Lipinski definition) is 3. The summed E-state index contributed by atoms with van der Waals surface area (Å²) in [6.07, 6.45) is 2.47. The molecule has 0 unspecified atom stereocenters. The molecule has 0 spiro atoms. The SMILES string of the molecule is CCOC(=O)N1CCC(N/C=C(/C#N)C(=O)Nc2ccc(N)cc2Cl)CC1. The quantitative estimate of drug-likeness (QED) is 0.403. The molecule has 1 heterocycles. The van der Waals surface area contributed by atoms with Crippen molar-refractivity contribution in [1.29, 1.82) is 5.26 Å². The monoisotopic (exact) mass is 391 g/mol. The molecule has 0 radical (unpaired) electrons. The van der Waals surface area contributed by atoms with Crippen LogP contribution >= 0.6 is 11.6 Å². The number of carbonyl (C=O) groups is 2. The fraction of sp³-hybridized carbons (Fsp3) is 0.389. The average Bonchev–Trinajstić information content (AvgIpc) is 2.65. The lowest BCUT2D eigenvalue weighted by atomic mass is 10.1. The number of ether oxygens (including phenoxy) is 1. The van der Waals surface area contributed by atoms with Crippen LogP contribution in [0.2, 0.25) is 5.02 Å². The van der Waals surface area contributed by atoms with Crippen molar-refractivity contribution in [2.24, 2.45) is 0 Å². The molecule has 9 heteroatoms. The maximum absolute atomic E-state index is 12.3. The van der Waals surface area contributed by atoms with E-state index in [1.54, 1.807) is 24.0 Å². The number of halogens is 1. The number of nitriles is 1. The summed E-state index contributed by atoms with van der Waals surface area (Å²) < 4.78 is 4.98. The van der Waals surface area contributed by atoms with Crippen LogP contribution in [0.25, 0.3) is 0 Å². The molecule has 0 saturated carbocycles. The second-order valence-electron chi connectivity index (χ2n) is 5.99. The molecular formula is C18H22ClN5O3. The van der Waals surface area contributed by atoms with Gasteiger partial charge in [-0.25, -0.2) is 4.79 Å². The van der Waals surface area contributed by atoms with Crippen LogP contribution < -0.4 is 16.4 Å². The van der Waals surface area contributed by atoms with E-state index in [-0.39, 0.29) is 17.7 Å². The van der Waals surface area contributed by atoms with Crippen LogP contribution in [0, 0.1) is 11.3 Å². The topological polar surface area (TPSA) is 120 Å². The van der Waals surface area contributed by atoms with Crippen molar-refractivity contribution in [3.05, 3.63) is 35.0 Å². The number of nitrogen functional groups attached to an aromatic ring is 1. The van der Waals surface area contributed by atoms with E-state index in [2.05, 4.69) is 10.6 Å². The minimum absolute atomic E-state index is 0.0620. The minimum Gasteiger partial charge on any atom is -0.450 e. The van der Waals surface area contributed by atoms with Crippen LogP contribution in [-0.4, -0.2) is 42.6 Å². The smallest absolute Gasteiger partial charge is 0.409 e. The molecule has 1 aliphatic heterocycles. The Morgan fingerprint density at radius 2 is 2.15 bits per heavy atom. The standard InChI is InChI=1S/C18H22ClN5O3/c1-2-27-18(26)24-7-5-14(6-8-24)22-11-12(10-20)17(25)23-16-4-3-13(21)9-15(16)19/h3-4,9,11,14,22H,2,5-8,21H2,1H3,(H,23,25)/b12-11-. The summed E-state index contributed by atoms with van der Waals surface area (Å²) in [5.41, 5.74) is 6.39. The van der Waals surface area contributed by atoms with Crippen molar-refractivity contribution in [3.63, 3.8) is 0 Å². The second-order valence-corrected chi connectivity index (χ2v) is 6.40. The molecule has 0 aliphatic carbocycles. The molecule has 2 amide bonds. The predicted molar refractivity (Wildman–Crippen MR) is 103 cm³/mol. The average molecular weight is 392 g/mol. The summed E-state index contributed by atoms with van der Waals surface area (Å²) in [7, 11) is 0. The number of rotatable bonds is 5. The van der Waals surface area contributed by atoms with Gasteiger partial charge in [0.05, 0.1) is 17.3 Å². The van der Waals surface area contributed by atoms with E-state index >= 15 is 0 Å². The predicted octanol–water partition coefficient (Wildman–Crippen LogP) is 2.48. The number of piperidine rings is 1. The third-order valence-corrected chi connectivity index (χ3v) is 4.40. The highest BCUT2D eigenvalue weighted by molar-refractivity contribution is 6.34. The van der Waals surface area contributed by atoms with E-state index in [0.29, 0.717) is 48.9 Å². The second kappa shape index (κ2) is 9.69. The molecule has 0 bridgehead atoms. The Morgan fingerprint density at radius 3 is 2.74 bits per heavy atom. The molecule has 27 heavy (non-hydrogen) atoms. The minimum atomic E-state index is -0.569. The lowest BCUT2D eigenvalue weighted by Crippen LogP contribution is -2.44. The summed E-state index contributed by atoms with van der Waals surface area (Å²) in [4.78, 5) is 25.6. The molecule has 2 rings (SSSR count). The van der Waals surface area contributed by atoms with Gasteiger partial charge in [0, 0.05) is 31.0 Å². The van der Waals surface area contributed by atoms with Gasteiger partial charge in [0.15, 0.2) is 0 Å². The largest absolute Gasteiger partial charge is 0.450 e. The zero-order valence-electron chi connectivity index (χ0n) is 15.0. The molecule has 0 aromatic heterocycles. The Labute approximate surface area is 162 Å².